The van der Waals surface area contributed by atoms with Crippen molar-refractivity contribution in [3.8, 4) is 10.6 Å². The molecule has 26 heavy (non-hydrogen) atoms. The molecule has 3 aromatic heterocycles. The van der Waals surface area contributed by atoms with Gasteiger partial charge in [-0.1, -0.05) is 23.4 Å². The zero-order chi connectivity index (χ0) is 17.9. The second kappa shape index (κ2) is 7.13. The number of hydrogen-bond donors (Lipinski definition) is 1. The van der Waals surface area contributed by atoms with Crippen LogP contribution in [0.25, 0.3) is 21.5 Å². The number of hydrogen-bond acceptors (Lipinski definition) is 5. The SMILES string of the molecule is Cc1cc(-c2cccs2)nn1CCNC(=O)Cc1noc2ccccc12. The monoisotopic (exact) mass is 366 g/mol. The number of nitrogens with zero attached hydrogens (tertiary/aromatic N) is 3. The Balaban J connectivity index is 1.34. The number of rotatable bonds is 6. The lowest BCUT2D eigenvalue weighted by molar-refractivity contribution is -0.120. The number of carbonyl (C=O) groups is 1. The lowest BCUT2D eigenvalue weighted by Crippen LogP contribution is -2.29. The molecule has 7 heteroatoms. The van der Waals surface area contributed by atoms with E-state index in [4.69, 9.17) is 4.52 Å². The van der Waals surface area contributed by atoms with Crippen LogP contribution in [0.3, 0.4) is 0 Å². The van der Waals surface area contributed by atoms with Crippen LogP contribution in [0.1, 0.15) is 11.4 Å². The van der Waals surface area contributed by atoms with E-state index in [0.717, 1.165) is 21.7 Å². The van der Waals surface area contributed by atoms with E-state index in [1.807, 2.05) is 47.3 Å². The topological polar surface area (TPSA) is 73.0 Å². The van der Waals surface area contributed by atoms with Crippen molar-refractivity contribution in [3.05, 3.63) is 59.2 Å². The van der Waals surface area contributed by atoms with Crippen LogP contribution in [0, 0.1) is 6.92 Å². The van der Waals surface area contributed by atoms with Gasteiger partial charge in [-0.15, -0.1) is 11.3 Å². The van der Waals surface area contributed by atoms with Gasteiger partial charge in [0.05, 0.1) is 17.8 Å². The number of amides is 1. The average Bonchev–Trinajstić information content (AvgIpc) is 3.36. The molecule has 6 nitrogen and oxygen atoms in total. The summed E-state index contributed by atoms with van der Waals surface area (Å²) in [5, 5.41) is 14.5. The molecule has 0 saturated carbocycles. The van der Waals surface area contributed by atoms with Crippen LogP contribution in [0.4, 0.5) is 0 Å². The Morgan fingerprint density at radius 1 is 1.27 bits per heavy atom. The fourth-order valence-corrected chi connectivity index (χ4v) is 3.54. The Morgan fingerprint density at radius 3 is 3.00 bits per heavy atom. The van der Waals surface area contributed by atoms with Gasteiger partial charge in [0.2, 0.25) is 5.91 Å². The van der Waals surface area contributed by atoms with Crippen molar-refractivity contribution in [1.29, 1.82) is 0 Å². The highest BCUT2D eigenvalue weighted by Gasteiger charge is 2.12. The van der Waals surface area contributed by atoms with Crippen LogP contribution in [-0.2, 0) is 17.8 Å². The summed E-state index contributed by atoms with van der Waals surface area (Å²) in [5.41, 5.74) is 3.40. The van der Waals surface area contributed by atoms with Crippen molar-refractivity contribution in [2.24, 2.45) is 0 Å². The predicted molar refractivity (Wildman–Crippen MR) is 101 cm³/mol. The number of para-hydroxylation sites is 1. The van der Waals surface area contributed by atoms with Gasteiger partial charge in [-0.3, -0.25) is 9.48 Å². The summed E-state index contributed by atoms with van der Waals surface area (Å²) in [5.74, 6) is -0.0765. The highest BCUT2D eigenvalue weighted by Crippen LogP contribution is 2.23. The van der Waals surface area contributed by atoms with Crippen molar-refractivity contribution < 1.29 is 9.32 Å². The summed E-state index contributed by atoms with van der Waals surface area (Å²) >= 11 is 1.67. The number of aromatic nitrogens is 3. The van der Waals surface area contributed by atoms with Gasteiger partial charge in [0.1, 0.15) is 11.4 Å². The minimum atomic E-state index is -0.0765. The first-order valence-electron chi connectivity index (χ1n) is 8.39. The largest absolute Gasteiger partial charge is 0.356 e. The lowest BCUT2D eigenvalue weighted by atomic mass is 10.1. The number of aryl methyl sites for hydroxylation is 1. The highest BCUT2D eigenvalue weighted by molar-refractivity contribution is 7.13. The number of nitrogens with one attached hydrogen (secondary N) is 1. The van der Waals surface area contributed by atoms with Gasteiger partial charge in [-0.2, -0.15) is 5.10 Å². The van der Waals surface area contributed by atoms with Crippen LogP contribution in [0.15, 0.2) is 52.4 Å². The Bertz CT molecular complexity index is 1030. The second-order valence-electron chi connectivity index (χ2n) is 6.02. The summed E-state index contributed by atoms with van der Waals surface area (Å²) in [6, 6.07) is 13.7. The maximum atomic E-state index is 12.2. The summed E-state index contributed by atoms with van der Waals surface area (Å²) in [4.78, 5) is 13.3. The Hall–Kier alpha value is -2.93. The number of benzene rings is 1. The third kappa shape index (κ3) is 3.39. The molecule has 4 aromatic rings. The van der Waals surface area contributed by atoms with Gasteiger partial charge in [0.15, 0.2) is 5.58 Å². The van der Waals surface area contributed by atoms with Gasteiger partial charge in [-0.25, -0.2) is 0 Å². The highest BCUT2D eigenvalue weighted by atomic mass is 32.1. The van der Waals surface area contributed by atoms with Gasteiger partial charge >= 0.3 is 0 Å². The zero-order valence-corrected chi connectivity index (χ0v) is 15.1. The van der Waals surface area contributed by atoms with E-state index in [2.05, 4.69) is 27.7 Å². The molecule has 1 N–H and O–H groups in total. The third-order valence-electron chi connectivity index (χ3n) is 4.18. The molecule has 0 spiro atoms. The second-order valence-corrected chi connectivity index (χ2v) is 6.97. The van der Waals surface area contributed by atoms with E-state index in [0.29, 0.717) is 24.4 Å². The van der Waals surface area contributed by atoms with Gasteiger partial charge < -0.3 is 9.84 Å². The molecular weight excluding hydrogens is 348 g/mol. The van der Waals surface area contributed by atoms with Gasteiger partial charge in [0.25, 0.3) is 0 Å². The standard InChI is InChI=1S/C19H18N4O2S/c1-13-11-16(18-7-4-10-26-18)21-23(13)9-8-20-19(24)12-15-14-5-2-3-6-17(14)25-22-15/h2-7,10-11H,8-9,12H2,1H3,(H,20,24). The first kappa shape index (κ1) is 16.5. The van der Waals surface area contributed by atoms with Crippen molar-refractivity contribution in [3.63, 3.8) is 0 Å². The van der Waals surface area contributed by atoms with Gasteiger partial charge in [-0.05, 0) is 36.6 Å². The van der Waals surface area contributed by atoms with E-state index < -0.39 is 0 Å². The minimum absolute atomic E-state index is 0.0765. The number of carbonyl (C=O) groups excluding carboxylic acids is 1. The first-order valence-corrected chi connectivity index (χ1v) is 9.27. The molecular formula is C19H18N4O2S. The summed E-state index contributed by atoms with van der Waals surface area (Å²) < 4.78 is 7.15. The molecule has 0 radical (unpaired) electrons. The Morgan fingerprint density at radius 2 is 2.15 bits per heavy atom. The van der Waals surface area contributed by atoms with E-state index in [1.54, 1.807) is 11.3 Å². The Labute approximate surface area is 154 Å². The predicted octanol–water partition coefficient (Wildman–Crippen LogP) is 3.42. The Kier molecular flexibility index (Phi) is 4.53. The van der Waals surface area contributed by atoms with Crippen LogP contribution in [0.2, 0.25) is 0 Å². The molecule has 0 aliphatic rings. The van der Waals surface area contributed by atoms with Crippen LogP contribution >= 0.6 is 11.3 Å². The fraction of sp³-hybridized carbons (Fsp3) is 0.211. The van der Waals surface area contributed by atoms with E-state index in [-0.39, 0.29) is 12.3 Å². The molecule has 0 fully saturated rings. The lowest BCUT2D eigenvalue weighted by Gasteiger charge is -2.06. The van der Waals surface area contributed by atoms with Crippen molar-refractivity contribution in [1.82, 2.24) is 20.3 Å². The minimum Gasteiger partial charge on any atom is -0.356 e. The van der Waals surface area contributed by atoms with Crippen molar-refractivity contribution in [2.75, 3.05) is 6.54 Å². The molecule has 0 aliphatic carbocycles. The van der Waals surface area contributed by atoms with E-state index in [9.17, 15) is 4.79 Å². The molecule has 3 heterocycles. The van der Waals surface area contributed by atoms with Crippen molar-refractivity contribution in [2.45, 2.75) is 19.9 Å². The fourth-order valence-electron chi connectivity index (χ4n) is 2.86. The molecule has 0 saturated heterocycles. The normalized spacial score (nSPS) is 11.1. The number of thiophene rings is 1. The quantitative estimate of drug-likeness (QED) is 0.567. The molecule has 1 amide bonds. The molecule has 0 unspecified atom stereocenters. The zero-order valence-electron chi connectivity index (χ0n) is 14.3. The molecule has 4 rings (SSSR count). The number of fused-ring (bicyclic) bond motifs is 1. The maximum Gasteiger partial charge on any atom is 0.226 e. The molecule has 0 bridgehead atoms. The molecule has 132 valence electrons. The van der Waals surface area contributed by atoms with Crippen LogP contribution in [-0.4, -0.2) is 27.4 Å². The van der Waals surface area contributed by atoms with E-state index in [1.165, 1.54) is 0 Å². The summed E-state index contributed by atoms with van der Waals surface area (Å²) in [6.07, 6.45) is 0.204. The molecule has 1 aromatic carbocycles. The van der Waals surface area contributed by atoms with Gasteiger partial charge in [0, 0.05) is 17.6 Å². The summed E-state index contributed by atoms with van der Waals surface area (Å²) in [7, 11) is 0. The molecule has 0 aliphatic heterocycles. The maximum absolute atomic E-state index is 12.2. The summed E-state index contributed by atoms with van der Waals surface area (Å²) in [6.45, 7) is 3.16. The van der Waals surface area contributed by atoms with Crippen LogP contribution < -0.4 is 5.32 Å². The van der Waals surface area contributed by atoms with Crippen molar-refractivity contribution >= 4 is 28.2 Å². The van der Waals surface area contributed by atoms with Crippen LogP contribution in [0.5, 0.6) is 0 Å². The third-order valence-corrected chi connectivity index (χ3v) is 5.07. The first-order chi connectivity index (χ1) is 12.7. The molecule has 0 atom stereocenters. The average molecular weight is 366 g/mol. The smallest absolute Gasteiger partial charge is 0.226 e. The van der Waals surface area contributed by atoms with E-state index >= 15 is 0 Å².